The molecule has 3 heteroatoms. The smallest absolute Gasteiger partial charge is 0.254 e. The topological polar surface area (TPSA) is 20.3 Å². The van der Waals surface area contributed by atoms with Crippen LogP contribution < -0.4 is 0 Å². The fourth-order valence-corrected chi connectivity index (χ4v) is 2.45. The molecule has 0 atom stereocenters. The molecule has 0 spiro atoms. The number of amides is 1. The Morgan fingerprint density at radius 2 is 2.00 bits per heavy atom. The minimum absolute atomic E-state index is 0.0453. The van der Waals surface area contributed by atoms with Crippen molar-refractivity contribution in [3.05, 3.63) is 70.9 Å². The molecular formula is C15H15NOS. The lowest BCUT2D eigenvalue weighted by Gasteiger charge is -2.20. The zero-order valence-electron chi connectivity index (χ0n) is 10.1. The minimum atomic E-state index is 0.0453. The van der Waals surface area contributed by atoms with E-state index in [2.05, 4.69) is 6.58 Å². The van der Waals surface area contributed by atoms with Crippen molar-refractivity contribution in [3.63, 3.8) is 0 Å². The molecule has 0 aliphatic rings. The van der Waals surface area contributed by atoms with Gasteiger partial charge in [0.15, 0.2) is 0 Å². The van der Waals surface area contributed by atoms with Gasteiger partial charge in [0.25, 0.3) is 5.91 Å². The summed E-state index contributed by atoms with van der Waals surface area (Å²) in [7, 11) is 0. The van der Waals surface area contributed by atoms with Crippen LogP contribution in [0.5, 0.6) is 0 Å². The van der Waals surface area contributed by atoms with Crippen LogP contribution >= 0.6 is 11.3 Å². The van der Waals surface area contributed by atoms with E-state index in [0.717, 1.165) is 5.56 Å². The van der Waals surface area contributed by atoms with Crippen LogP contribution in [0.3, 0.4) is 0 Å². The lowest BCUT2D eigenvalue weighted by Crippen LogP contribution is -2.30. The van der Waals surface area contributed by atoms with Crippen molar-refractivity contribution in [2.75, 3.05) is 6.54 Å². The third kappa shape index (κ3) is 3.08. The van der Waals surface area contributed by atoms with Gasteiger partial charge in [0.05, 0.1) is 6.54 Å². The lowest BCUT2D eigenvalue weighted by atomic mass is 10.2. The third-order valence-corrected chi connectivity index (χ3v) is 3.45. The van der Waals surface area contributed by atoms with Crippen LogP contribution in [0.2, 0.25) is 0 Å². The average molecular weight is 257 g/mol. The third-order valence-electron chi connectivity index (χ3n) is 2.58. The quantitative estimate of drug-likeness (QED) is 0.750. The molecule has 0 aliphatic carbocycles. The van der Waals surface area contributed by atoms with Gasteiger partial charge in [-0.25, -0.2) is 0 Å². The molecule has 2 rings (SSSR count). The molecule has 0 bridgehead atoms. The van der Waals surface area contributed by atoms with Crippen LogP contribution in [0.4, 0.5) is 0 Å². The van der Waals surface area contributed by atoms with Crippen LogP contribution in [0, 0.1) is 0 Å². The first kappa shape index (κ1) is 12.6. The number of hydrogen-bond acceptors (Lipinski definition) is 2. The standard InChI is InChI=1S/C15H15NOS/c1-2-10-16(12-14-9-6-11-18-14)15(17)13-7-4-3-5-8-13/h2-9,11H,1,10,12H2. The summed E-state index contributed by atoms with van der Waals surface area (Å²) in [5, 5.41) is 2.02. The molecule has 18 heavy (non-hydrogen) atoms. The first-order chi connectivity index (χ1) is 8.81. The fraction of sp³-hybridized carbons (Fsp3) is 0.133. The van der Waals surface area contributed by atoms with Gasteiger partial charge in [0.2, 0.25) is 0 Å². The highest BCUT2D eigenvalue weighted by Gasteiger charge is 2.14. The number of carbonyl (C=O) groups excluding carboxylic acids is 1. The van der Waals surface area contributed by atoms with Crippen LogP contribution in [0.25, 0.3) is 0 Å². The minimum Gasteiger partial charge on any atom is -0.330 e. The van der Waals surface area contributed by atoms with E-state index in [1.54, 1.807) is 22.3 Å². The molecule has 0 unspecified atom stereocenters. The van der Waals surface area contributed by atoms with Gasteiger partial charge < -0.3 is 4.90 Å². The van der Waals surface area contributed by atoms with Crippen LogP contribution in [0.15, 0.2) is 60.5 Å². The maximum atomic E-state index is 12.3. The molecule has 0 saturated carbocycles. The zero-order chi connectivity index (χ0) is 12.8. The van der Waals surface area contributed by atoms with E-state index >= 15 is 0 Å². The Morgan fingerprint density at radius 1 is 1.22 bits per heavy atom. The zero-order valence-corrected chi connectivity index (χ0v) is 10.9. The van der Waals surface area contributed by atoms with E-state index in [0.29, 0.717) is 13.1 Å². The van der Waals surface area contributed by atoms with Gasteiger partial charge in [-0.05, 0) is 23.6 Å². The van der Waals surface area contributed by atoms with Crippen LogP contribution in [0.1, 0.15) is 15.2 Å². The van der Waals surface area contributed by atoms with E-state index in [1.165, 1.54) is 4.88 Å². The Labute approximate surface area is 111 Å². The number of hydrogen-bond donors (Lipinski definition) is 0. The Morgan fingerprint density at radius 3 is 2.61 bits per heavy atom. The van der Waals surface area contributed by atoms with Crippen molar-refractivity contribution >= 4 is 17.2 Å². The highest BCUT2D eigenvalue weighted by molar-refractivity contribution is 7.09. The highest BCUT2D eigenvalue weighted by atomic mass is 32.1. The number of carbonyl (C=O) groups is 1. The Bertz CT molecular complexity index is 505. The van der Waals surface area contributed by atoms with Crippen LogP contribution in [-0.4, -0.2) is 17.4 Å². The predicted molar refractivity (Wildman–Crippen MR) is 75.7 cm³/mol. The van der Waals surface area contributed by atoms with E-state index < -0.39 is 0 Å². The Kier molecular flexibility index (Phi) is 4.31. The van der Waals surface area contributed by atoms with Gasteiger partial charge in [-0.15, -0.1) is 17.9 Å². The predicted octanol–water partition coefficient (Wildman–Crippen LogP) is 3.58. The molecule has 1 aromatic carbocycles. The largest absolute Gasteiger partial charge is 0.330 e. The molecule has 0 aliphatic heterocycles. The second kappa shape index (κ2) is 6.17. The number of rotatable bonds is 5. The van der Waals surface area contributed by atoms with E-state index in [9.17, 15) is 4.79 Å². The Balaban J connectivity index is 2.14. The SMILES string of the molecule is C=CCN(Cc1cccs1)C(=O)c1ccccc1. The van der Waals surface area contributed by atoms with Crippen molar-refractivity contribution in [3.8, 4) is 0 Å². The van der Waals surface area contributed by atoms with Crippen molar-refractivity contribution in [1.82, 2.24) is 4.90 Å². The summed E-state index contributed by atoms with van der Waals surface area (Å²) in [5.41, 5.74) is 0.718. The maximum Gasteiger partial charge on any atom is 0.254 e. The second-order valence-electron chi connectivity index (χ2n) is 3.92. The first-order valence-corrected chi connectivity index (χ1v) is 6.67. The molecule has 0 radical (unpaired) electrons. The van der Waals surface area contributed by atoms with E-state index in [-0.39, 0.29) is 5.91 Å². The first-order valence-electron chi connectivity index (χ1n) is 5.79. The van der Waals surface area contributed by atoms with Gasteiger partial charge >= 0.3 is 0 Å². The van der Waals surface area contributed by atoms with Crippen LogP contribution in [-0.2, 0) is 6.54 Å². The molecule has 1 heterocycles. The molecular weight excluding hydrogens is 242 g/mol. The summed E-state index contributed by atoms with van der Waals surface area (Å²) >= 11 is 1.66. The highest BCUT2D eigenvalue weighted by Crippen LogP contribution is 2.14. The summed E-state index contributed by atoms with van der Waals surface area (Å²) < 4.78 is 0. The fourth-order valence-electron chi connectivity index (χ4n) is 1.73. The summed E-state index contributed by atoms with van der Waals surface area (Å²) in [6.07, 6.45) is 1.76. The van der Waals surface area contributed by atoms with Gasteiger partial charge in [0.1, 0.15) is 0 Å². The summed E-state index contributed by atoms with van der Waals surface area (Å²) in [5.74, 6) is 0.0453. The lowest BCUT2D eigenvalue weighted by molar-refractivity contribution is 0.0764. The number of thiophene rings is 1. The molecule has 2 nitrogen and oxygen atoms in total. The van der Waals surface area contributed by atoms with Gasteiger partial charge in [0, 0.05) is 17.0 Å². The van der Waals surface area contributed by atoms with Gasteiger partial charge in [-0.2, -0.15) is 0 Å². The Hall–Kier alpha value is -1.87. The molecule has 2 aromatic rings. The van der Waals surface area contributed by atoms with E-state index in [4.69, 9.17) is 0 Å². The van der Waals surface area contributed by atoms with Crippen molar-refractivity contribution in [2.45, 2.75) is 6.54 Å². The summed E-state index contributed by atoms with van der Waals surface area (Å²) in [6, 6.07) is 13.4. The monoisotopic (exact) mass is 257 g/mol. The van der Waals surface area contributed by atoms with Crippen molar-refractivity contribution < 1.29 is 4.79 Å². The number of nitrogens with zero attached hydrogens (tertiary/aromatic N) is 1. The van der Waals surface area contributed by atoms with Crippen molar-refractivity contribution in [1.29, 1.82) is 0 Å². The number of benzene rings is 1. The van der Waals surface area contributed by atoms with Gasteiger partial charge in [-0.1, -0.05) is 30.3 Å². The molecule has 0 N–H and O–H groups in total. The molecule has 0 saturated heterocycles. The second-order valence-corrected chi connectivity index (χ2v) is 4.95. The summed E-state index contributed by atoms with van der Waals surface area (Å²) in [6.45, 7) is 4.91. The average Bonchev–Trinajstić information content (AvgIpc) is 2.91. The molecule has 1 aromatic heterocycles. The summed E-state index contributed by atoms with van der Waals surface area (Å²) in [4.78, 5) is 15.3. The maximum absolute atomic E-state index is 12.3. The van der Waals surface area contributed by atoms with E-state index in [1.807, 2.05) is 47.8 Å². The molecule has 0 fully saturated rings. The molecule has 92 valence electrons. The molecule has 1 amide bonds. The van der Waals surface area contributed by atoms with Crippen molar-refractivity contribution in [2.24, 2.45) is 0 Å². The normalized spacial score (nSPS) is 10.0. The van der Waals surface area contributed by atoms with Gasteiger partial charge in [-0.3, -0.25) is 4.79 Å².